The first-order valence-electron chi connectivity index (χ1n) is 5.57. The highest BCUT2D eigenvalue weighted by atomic mass is 16.1. The van der Waals surface area contributed by atoms with Crippen LogP contribution in [0.1, 0.15) is 13.8 Å². The van der Waals surface area contributed by atoms with Crippen LogP contribution in [0.5, 0.6) is 0 Å². The highest BCUT2D eigenvalue weighted by Crippen LogP contribution is 2.18. The first-order valence-corrected chi connectivity index (χ1v) is 5.57. The zero-order valence-corrected chi connectivity index (χ0v) is 9.97. The summed E-state index contributed by atoms with van der Waals surface area (Å²) >= 11 is 0. The minimum absolute atomic E-state index is 0.133. The van der Waals surface area contributed by atoms with Crippen molar-refractivity contribution in [3.8, 4) is 11.1 Å². The Bertz CT molecular complexity index is 554. The molecule has 2 rings (SSSR count). The van der Waals surface area contributed by atoms with E-state index < -0.39 is 0 Å². The van der Waals surface area contributed by atoms with Crippen LogP contribution in [0.3, 0.4) is 0 Å². The molecule has 0 spiro atoms. The SMILES string of the molecule is CC(C)Cn1cc(-c2cn[nH]c2)cc(N)c1=O. The molecule has 0 fully saturated rings. The van der Waals surface area contributed by atoms with Crippen LogP contribution in [-0.4, -0.2) is 14.8 Å². The summed E-state index contributed by atoms with van der Waals surface area (Å²) in [6.07, 6.45) is 5.31. The van der Waals surface area contributed by atoms with Crippen LogP contribution in [0.4, 0.5) is 5.69 Å². The maximum atomic E-state index is 11.8. The number of anilines is 1. The quantitative estimate of drug-likeness (QED) is 0.841. The molecule has 3 N–H and O–H groups in total. The van der Waals surface area contributed by atoms with Gasteiger partial charge in [0, 0.05) is 30.1 Å². The van der Waals surface area contributed by atoms with Crippen molar-refractivity contribution in [2.45, 2.75) is 20.4 Å². The Morgan fingerprint density at radius 3 is 2.82 bits per heavy atom. The third-order valence-electron chi connectivity index (χ3n) is 2.51. The minimum atomic E-state index is -0.133. The lowest BCUT2D eigenvalue weighted by molar-refractivity contribution is 0.512. The Morgan fingerprint density at radius 1 is 1.47 bits per heavy atom. The molecular formula is C12H16N4O. The molecule has 0 aliphatic rings. The Labute approximate surface area is 99.3 Å². The molecule has 0 aromatic carbocycles. The molecule has 0 saturated carbocycles. The van der Waals surface area contributed by atoms with Gasteiger partial charge in [-0.15, -0.1) is 0 Å². The van der Waals surface area contributed by atoms with Crippen molar-refractivity contribution in [2.24, 2.45) is 5.92 Å². The van der Waals surface area contributed by atoms with Crippen molar-refractivity contribution in [3.05, 3.63) is 35.0 Å². The van der Waals surface area contributed by atoms with Gasteiger partial charge in [0.2, 0.25) is 0 Å². The normalized spacial score (nSPS) is 11.0. The number of H-pyrrole nitrogens is 1. The molecule has 0 unspecified atom stereocenters. The zero-order valence-electron chi connectivity index (χ0n) is 9.97. The van der Waals surface area contributed by atoms with Gasteiger partial charge < -0.3 is 10.3 Å². The van der Waals surface area contributed by atoms with E-state index in [4.69, 9.17) is 5.73 Å². The Hall–Kier alpha value is -2.04. The summed E-state index contributed by atoms with van der Waals surface area (Å²) in [5, 5.41) is 6.63. The molecule has 90 valence electrons. The summed E-state index contributed by atoms with van der Waals surface area (Å²) in [6, 6.07) is 1.68. The molecule has 2 aromatic heterocycles. The average Bonchev–Trinajstić information content (AvgIpc) is 2.77. The lowest BCUT2D eigenvalue weighted by atomic mass is 10.1. The van der Waals surface area contributed by atoms with Gasteiger partial charge in [-0.1, -0.05) is 13.8 Å². The van der Waals surface area contributed by atoms with Crippen molar-refractivity contribution in [1.82, 2.24) is 14.8 Å². The zero-order chi connectivity index (χ0) is 12.4. The van der Waals surface area contributed by atoms with Crippen molar-refractivity contribution in [3.63, 3.8) is 0 Å². The maximum absolute atomic E-state index is 11.8. The molecule has 0 atom stereocenters. The minimum Gasteiger partial charge on any atom is -0.394 e. The van der Waals surface area contributed by atoms with Crippen LogP contribution in [0, 0.1) is 5.92 Å². The van der Waals surface area contributed by atoms with Gasteiger partial charge in [0.05, 0.1) is 11.9 Å². The van der Waals surface area contributed by atoms with E-state index in [1.807, 2.05) is 6.20 Å². The number of nitrogen functional groups attached to an aromatic ring is 1. The molecule has 0 radical (unpaired) electrons. The van der Waals surface area contributed by atoms with Gasteiger partial charge >= 0.3 is 0 Å². The van der Waals surface area contributed by atoms with Gasteiger partial charge in [0.15, 0.2) is 0 Å². The molecule has 5 heteroatoms. The molecule has 2 heterocycles. The summed E-state index contributed by atoms with van der Waals surface area (Å²) in [6.45, 7) is 4.79. The van der Waals surface area contributed by atoms with Gasteiger partial charge in [0.1, 0.15) is 0 Å². The van der Waals surface area contributed by atoms with E-state index in [9.17, 15) is 4.79 Å². The van der Waals surface area contributed by atoms with Crippen LogP contribution < -0.4 is 11.3 Å². The van der Waals surface area contributed by atoms with E-state index >= 15 is 0 Å². The molecule has 0 bridgehead atoms. The van der Waals surface area contributed by atoms with Gasteiger partial charge in [-0.3, -0.25) is 9.89 Å². The Morgan fingerprint density at radius 2 is 2.24 bits per heavy atom. The molecular weight excluding hydrogens is 216 g/mol. The smallest absolute Gasteiger partial charge is 0.273 e. The lowest BCUT2D eigenvalue weighted by Crippen LogP contribution is -2.24. The van der Waals surface area contributed by atoms with Gasteiger partial charge in [-0.25, -0.2) is 0 Å². The molecule has 0 aliphatic carbocycles. The van der Waals surface area contributed by atoms with Crippen LogP contribution >= 0.6 is 0 Å². The fraction of sp³-hybridized carbons (Fsp3) is 0.333. The van der Waals surface area contributed by atoms with Crippen LogP contribution in [0.15, 0.2) is 29.5 Å². The Balaban J connectivity index is 2.50. The van der Waals surface area contributed by atoms with E-state index in [1.54, 1.807) is 23.0 Å². The van der Waals surface area contributed by atoms with E-state index in [0.29, 0.717) is 12.5 Å². The predicted octanol–water partition coefficient (Wildman–Crippen LogP) is 1.48. The number of aromatic amines is 1. The molecule has 5 nitrogen and oxygen atoms in total. The highest BCUT2D eigenvalue weighted by molar-refractivity contribution is 5.64. The first kappa shape index (κ1) is 11.4. The van der Waals surface area contributed by atoms with Crippen molar-refractivity contribution < 1.29 is 0 Å². The van der Waals surface area contributed by atoms with E-state index in [2.05, 4.69) is 24.0 Å². The first-order chi connectivity index (χ1) is 8.08. The Kier molecular flexibility index (Phi) is 2.99. The fourth-order valence-corrected chi connectivity index (χ4v) is 1.75. The fourth-order valence-electron chi connectivity index (χ4n) is 1.75. The largest absolute Gasteiger partial charge is 0.394 e. The third-order valence-corrected chi connectivity index (χ3v) is 2.51. The highest BCUT2D eigenvalue weighted by Gasteiger charge is 2.07. The second kappa shape index (κ2) is 4.45. The molecule has 0 amide bonds. The van der Waals surface area contributed by atoms with E-state index in [-0.39, 0.29) is 11.2 Å². The second-order valence-corrected chi connectivity index (χ2v) is 4.52. The number of hydrogen-bond donors (Lipinski definition) is 2. The van der Waals surface area contributed by atoms with Crippen molar-refractivity contribution in [1.29, 1.82) is 0 Å². The number of nitrogens with one attached hydrogen (secondary N) is 1. The van der Waals surface area contributed by atoms with Crippen LogP contribution in [-0.2, 0) is 6.54 Å². The summed E-state index contributed by atoms with van der Waals surface area (Å²) in [4.78, 5) is 11.8. The lowest BCUT2D eigenvalue weighted by Gasteiger charge is -2.11. The number of hydrogen-bond acceptors (Lipinski definition) is 3. The van der Waals surface area contributed by atoms with Crippen molar-refractivity contribution >= 4 is 5.69 Å². The van der Waals surface area contributed by atoms with Crippen molar-refractivity contribution in [2.75, 3.05) is 5.73 Å². The molecule has 17 heavy (non-hydrogen) atoms. The number of pyridine rings is 1. The van der Waals surface area contributed by atoms with Gasteiger partial charge in [-0.2, -0.15) is 5.10 Å². The molecule has 2 aromatic rings. The summed E-state index contributed by atoms with van der Waals surface area (Å²) in [5.74, 6) is 0.395. The average molecular weight is 232 g/mol. The summed E-state index contributed by atoms with van der Waals surface area (Å²) in [5.41, 5.74) is 7.70. The third kappa shape index (κ3) is 2.38. The monoisotopic (exact) mass is 232 g/mol. The van der Waals surface area contributed by atoms with Gasteiger partial charge in [-0.05, 0) is 12.0 Å². The maximum Gasteiger partial charge on any atom is 0.273 e. The molecule has 0 aliphatic heterocycles. The van der Waals surface area contributed by atoms with Crippen LogP contribution in [0.25, 0.3) is 11.1 Å². The number of aromatic nitrogens is 3. The van der Waals surface area contributed by atoms with Crippen LogP contribution in [0.2, 0.25) is 0 Å². The topological polar surface area (TPSA) is 76.7 Å². The standard InChI is InChI=1S/C12H16N4O/c1-8(2)6-16-7-9(3-11(13)12(16)17)10-4-14-15-5-10/h3-5,7-8H,6,13H2,1-2H3,(H,14,15). The van der Waals surface area contributed by atoms with Gasteiger partial charge in [0.25, 0.3) is 5.56 Å². The number of nitrogens with two attached hydrogens (primary N) is 1. The second-order valence-electron chi connectivity index (χ2n) is 4.52. The predicted molar refractivity (Wildman–Crippen MR) is 67.5 cm³/mol. The van der Waals surface area contributed by atoms with E-state index in [1.165, 1.54) is 0 Å². The van der Waals surface area contributed by atoms with E-state index in [0.717, 1.165) is 11.1 Å². The number of nitrogens with zero attached hydrogens (tertiary/aromatic N) is 2. The molecule has 0 saturated heterocycles. The number of rotatable bonds is 3. The summed E-state index contributed by atoms with van der Waals surface area (Å²) < 4.78 is 1.66. The summed E-state index contributed by atoms with van der Waals surface area (Å²) in [7, 11) is 0.